The average Bonchev–Trinajstić information content (AvgIpc) is 1.12. The summed E-state index contributed by atoms with van der Waals surface area (Å²) in [4.78, 5) is 50.9. The van der Waals surface area contributed by atoms with Crippen LogP contribution in [-0.2, 0) is 24.0 Å². The number of hydrogen-bond donors (Lipinski definition) is 7. The van der Waals surface area contributed by atoms with Crippen LogP contribution in [0.4, 0.5) is 0 Å². The van der Waals surface area contributed by atoms with Crippen LogP contribution in [-0.4, -0.2) is 132 Å². The fourth-order valence-electron chi connectivity index (χ4n) is 0. The summed E-state index contributed by atoms with van der Waals surface area (Å²) in [6.07, 6.45) is 0. The number of rotatable bonds is 0. The molecule has 0 rings (SSSR count). The Morgan fingerprint density at radius 1 is 0.929 bits per heavy atom. The van der Waals surface area contributed by atoms with Crippen LogP contribution < -0.4 is 0 Å². The van der Waals surface area contributed by atoms with Crippen LogP contribution in [0.2, 0.25) is 0 Å². The molecule has 0 saturated heterocycles. The molecule has 14 heteroatoms. The first-order valence-corrected chi connectivity index (χ1v) is 5.03. The molecule has 0 aliphatic carbocycles. The maximum Gasteiger partial charge on any atom is 0 e. The van der Waals surface area contributed by atoms with Gasteiger partial charge in [0, 0.05) is 19.5 Å². The summed E-state index contributed by atoms with van der Waals surface area (Å²) < 4.78 is 8.88. The second-order valence-corrected chi connectivity index (χ2v) is 3.34. The van der Waals surface area contributed by atoms with Gasteiger partial charge in [0.25, 0.3) is 0 Å². The summed E-state index contributed by atoms with van der Waals surface area (Å²) in [5, 5.41) is 0. The van der Waals surface area contributed by atoms with E-state index in [0.29, 0.717) is 0 Å². The molecule has 0 aromatic carbocycles. The second kappa shape index (κ2) is 16.5. The first-order chi connectivity index (χ1) is 4.00. The smallest absolute Gasteiger partial charge is 0 e. The largest absolute Gasteiger partial charge is 0 e. The van der Waals surface area contributed by atoms with Crippen LogP contribution in [0, 0.1) is 0 Å². The van der Waals surface area contributed by atoms with Crippen molar-refractivity contribution in [1.29, 1.82) is 0 Å². The molecule has 9 N–H and O–H groups in total. The van der Waals surface area contributed by atoms with Gasteiger partial charge in [0.05, 0.1) is 0 Å². The number of hydrogen-bond acceptors (Lipinski definition) is 5. The van der Waals surface area contributed by atoms with Gasteiger partial charge in [-0.25, -0.2) is 4.57 Å². The quantitative estimate of drug-likeness (QED) is 0.152. The van der Waals surface area contributed by atoms with Crippen molar-refractivity contribution in [2.45, 2.75) is 0 Å². The van der Waals surface area contributed by atoms with Crippen molar-refractivity contribution in [3.63, 3.8) is 0 Å². The first kappa shape index (κ1) is 36.0. The summed E-state index contributed by atoms with van der Waals surface area (Å²) in [6.45, 7) is 0. The van der Waals surface area contributed by atoms with E-state index in [2.05, 4.69) is 0 Å². The predicted molar refractivity (Wildman–Crippen MR) is 49.6 cm³/mol. The third kappa shape index (κ3) is 267. The van der Waals surface area contributed by atoms with E-state index in [4.69, 9.17) is 38.4 Å². The van der Waals surface area contributed by atoms with Gasteiger partial charge in [-0.1, -0.05) is 0 Å². The minimum absolute atomic E-state index is 0. The van der Waals surface area contributed by atoms with Gasteiger partial charge in [-0.05, 0) is 0 Å². The fourth-order valence-corrected chi connectivity index (χ4v) is 0. The maximum absolute atomic E-state index is 8.88. The molecule has 14 heavy (non-hydrogen) atoms. The SMILES string of the molecule is O.O=P(O)(O)O.O[Si](O)(O)O.[CaH2].[SrH2].[Zn]. The Kier molecular flexibility index (Phi) is 42.4. The van der Waals surface area contributed by atoms with Crippen molar-refractivity contribution in [1.82, 2.24) is 0 Å². The van der Waals surface area contributed by atoms with Crippen LogP contribution in [0.1, 0.15) is 0 Å². The summed E-state index contributed by atoms with van der Waals surface area (Å²) in [6, 6.07) is 0. The second-order valence-electron chi connectivity index (χ2n) is 1.11. The van der Waals surface area contributed by atoms with Crippen LogP contribution in [0.15, 0.2) is 0 Å². The Bertz CT molecular complexity index is 117. The van der Waals surface area contributed by atoms with Gasteiger partial charge in [0.2, 0.25) is 0 Å². The van der Waals surface area contributed by atoms with E-state index in [1.54, 1.807) is 0 Å². The average molecular weight is 409 g/mol. The third-order valence-electron chi connectivity index (χ3n) is 0. The van der Waals surface area contributed by atoms with Gasteiger partial charge in [-0.15, -0.1) is 0 Å². The van der Waals surface area contributed by atoms with Gasteiger partial charge in [-0.2, -0.15) is 0 Å². The van der Waals surface area contributed by atoms with Crippen molar-refractivity contribution < 1.29 is 63.4 Å². The standard InChI is InChI=1S/Ca.H3O4P.H4O4Si.H2O.Sr.Zn.4H/c;2*1-5(2,3)4;;;;;;;/h;(H3,1,2,3,4);1-4H;1H2;;;;;;. The predicted octanol–water partition coefficient (Wildman–Crippen LogP) is -6.20. The van der Waals surface area contributed by atoms with E-state index >= 15 is 0 Å². The normalized spacial score (nSPS) is 8.50. The Morgan fingerprint density at radius 2 is 0.929 bits per heavy atom. The summed E-state index contributed by atoms with van der Waals surface area (Å²) >= 11 is 0. The Morgan fingerprint density at radius 3 is 0.929 bits per heavy atom. The molecule has 0 atom stereocenters. The molecule has 9 nitrogen and oxygen atoms in total. The van der Waals surface area contributed by atoms with Gasteiger partial charge in [0.15, 0.2) is 0 Å². The van der Waals surface area contributed by atoms with Gasteiger partial charge < -0.3 is 39.3 Å². The van der Waals surface area contributed by atoms with Crippen LogP contribution in [0.25, 0.3) is 0 Å². The fraction of sp³-hybridized carbons (Fsp3) is 0. The van der Waals surface area contributed by atoms with Gasteiger partial charge >= 0.3 is 100 Å². The molecule has 0 aliphatic rings. The van der Waals surface area contributed by atoms with Crippen LogP contribution in [0.5, 0.6) is 0 Å². The molecule has 0 spiro atoms. The van der Waals surface area contributed by atoms with E-state index in [-0.39, 0.29) is 108 Å². The van der Waals surface area contributed by atoms with Crippen molar-refractivity contribution in [2.24, 2.45) is 0 Å². The van der Waals surface area contributed by atoms with Crippen molar-refractivity contribution in [3.8, 4) is 0 Å². The Balaban J connectivity index is -0.0000000178. The zero-order valence-corrected chi connectivity index (χ0v) is 10.6. The van der Waals surface area contributed by atoms with Gasteiger partial charge in [-0.3, -0.25) is 0 Å². The van der Waals surface area contributed by atoms with E-state index in [1.807, 2.05) is 0 Å². The molecule has 0 saturated carbocycles. The Hall–Kier alpha value is 3.49. The molecular formula is H13CaO9PSiSrZn. The molecule has 0 heterocycles. The monoisotopic (exact) mass is 408 g/mol. The maximum atomic E-state index is 8.88. The van der Waals surface area contributed by atoms with Crippen molar-refractivity contribution in [2.75, 3.05) is 0 Å². The van der Waals surface area contributed by atoms with Gasteiger partial charge in [0.1, 0.15) is 0 Å². The molecule has 0 bridgehead atoms. The Labute approximate surface area is 160 Å². The molecule has 0 radical (unpaired) electrons. The zero-order valence-electron chi connectivity index (χ0n) is 5.69. The van der Waals surface area contributed by atoms with Crippen LogP contribution >= 0.6 is 7.82 Å². The minimum atomic E-state index is -4.64. The molecular weight excluding hydrogens is 396 g/mol. The van der Waals surface area contributed by atoms with E-state index in [1.165, 1.54) is 0 Å². The molecule has 0 aromatic heterocycles. The first-order valence-electron chi connectivity index (χ1n) is 1.68. The van der Waals surface area contributed by atoms with E-state index < -0.39 is 16.9 Å². The van der Waals surface area contributed by atoms with E-state index in [9.17, 15) is 0 Å². The number of phosphoric acid groups is 1. The molecule has 0 unspecified atom stereocenters. The molecule has 0 aromatic rings. The van der Waals surface area contributed by atoms with Crippen LogP contribution in [0.3, 0.4) is 0 Å². The third-order valence-corrected chi connectivity index (χ3v) is 0. The molecule has 82 valence electrons. The van der Waals surface area contributed by atoms with E-state index in [0.717, 1.165) is 0 Å². The summed E-state index contributed by atoms with van der Waals surface area (Å²) in [5.41, 5.74) is 0. The zero-order chi connectivity index (χ0) is 9.00. The summed E-state index contributed by atoms with van der Waals surface area (Å²) in [5.74, 6) is 0. The van der Waals surface area contributed by atoms with Crippen molar-refractivity contribution in [3.05, 3.63) is 0 Å². The molecule has 0 aliphatic heterocycles. The minimum Gasteiger partial charge on any atom is 0 e. The molecule has 0 amide bonds. The summed E-state index contributed by atoms with van der Waals surface area (Å²) in [7, 11) is -9.25. The van der Waals surface area contributed by atoms with Crippen molar-refractivity contribution >= 4 is 100 Å². The molecule has 0 fully saturated rings. The topological polar surface area (TPSA) is 190 Å².